The average molecular weight is 597 g/mol. The van der Waals surface area contributed by atoms with Crippen LogP contribution in [0.25, 0.3) is 38.7 Å². The molecular formula is C42H32N2O2. The third-order valence-electron chi connectivity index (χ3n) is 9.49. The van der Waals surface area contributed by atoms with Crippen LogP contribution in [-0.2, 0) is 6.42 Å². The zero-order valence-electron chi connectivity index (χ0n) is 25.6. The number of rotatable bonds is 3. The van der Waals surface area contributed by atoms with Gasteiger partial charge in [0.2, 0.25) is 0 Å². The van der Waals surface area contributed by atoms with Crippen molar-refractivity contribution < 1.29 is 9.15 Å². The van der Waals surface area contributed by atoms with Gasteiger partial charge in [-0.25, -0.2) is 0 Å². The molecular weight excluding hydrogens is 564 g/mol. The smallest absolute Gasteiger partial charge is 0.136 e. The molecule has 2 unspecified atom stereocenters. The predicted molar refractivity (Wildman–Crippen MR) is 188 cm³/mol. The number of anilines is 2. The summed E-state index contributed by atoms with van der Waals surface area (Å²) in [5.74, 6) is 0.950. The number of pyridine rings is 1. The Balaban J connectivity index is 1.10. The molecule has 4 nitrogen and oxygen atoms in total. The Morgan fingerprint density at radius 2 is 1.67 bits per heavy atom. The van der Waals surface area contributed by atoms with Crippen molar-refractivity contribution >= 4 is 50.0 Å². The van der Waals surface area contributed by atoms with Gasteiger partial charge >= 0.3 is 0 Å². The second kappa shape index (κ2) is 10.8. The number of nitrogens with zero attached hydrogens (tertiary/aromatic N) is 2. The van der Waals surface area contributed by atoms with E-state index in [4.69, 9.17) is 9.15 Å². The second-order valence-electron chi connectivity index (χ2n) is 12.3. The minimum atomic E-state index is 0.0432. The van der Waals surface area contributed by atoms with Crippen LogP contribution in [0.15, 0.2) is 144 Å². The minimum Gasteiger partial charge on any atom is -0.485 e. The van der Waals surface area contributed by atoms with Gasteiger partial charge < -0.3 is 14.1 Å². The molecule has 0 radical (unpaired) electrons. The van der Waals surface area contributed by atoms with Crippen molar-refractivity contribution in [2.75, 3.05) is 4.90 Å². The highest BCUT2D eigenvalue weighted by Crippen LogP contribution is 2.46. The van der Waals surface area contributed by atoms with Gasteiger partial charge in [0.15, 0.2) is 0 Å². The van der Waals surface area contributed by atoms with Crippen LogP contribution in [0.4, 0.5) is 11.4 Å². The molecule has 4 aromatic carbocycles. The summed E-state index contributed by atoms with van der Waals surface area (Å²) in [7, 11) is 0. The van der Waals surface area contributed by atoms with Crippen molar-refractivity contribution in [2.45, 2.75) is 31.9 Å². The summed E-state index contributed by atoms with van der Waals surface area (Å²) < 4.78 is 12.7. The first-order chi connectivity index (χ1) is 22.7. The van der Waals surface area contributed by atoms with Gasteiger partial charge in [-0.2, -0.15) is 0 Å². The fourth-order valence-electron chi connectivity index (χ4n) is 7.18. The number of allylic oxidation sites excluding steroid dienone is 5. The quantitative estimate of drug-likeness (QED) is 0.204. The Morgan fingerprint density at radius 3 is 2.61 bits per heavy atom. The molecule has 2 atom stereocenters. The number of hydrogen-bond donors (Lipinski definition) is 0. The molecule has 4 heterocycles. The maximum atomic E-state index is 6.43. The first-order valence-corrected chi connectivity index (χ1v) is 16.0. The van der Waals surface area contributed by atoms with Crippen LogP contribution in [0.5, 0.6) is 5.75 Å². The van der Waals surface area contributed by atoms with E-state index >= 15 is 0 Å². The third kappa shape index (κ3) is 4.49. The standard InChI is InChI=1S/C42H32N2O2/c1-27-12-13-28(31-16-19-35-34-9-3-5-11-39(34)46-42(35)24-31)14-15-29-7-2-4-10-38(29)44(27)33-18-21-41-37(25-33)36-23-30(17-20-40(36)45-41)32-8-6-22-43-26-32/h2-14,16-19,21-27,40H,15,20H2,1H3/b13-12-,28-14+. The molecule has 0 spiro atoms. The number of furan rings is 1. The van der Waals surface area contributed by atoms with E-state index in [0.717, 1.165) is 57.3 Å². The molecule has 1 aliphatic carbocycles. The summed E-state index contributed by atoms with van der Waals surface area (Å²) in [6, 6.07) is 34.5. The van der Waals surface area contributed by atoms with Crippen molar-refractivity contribution in [1.29, 1.82) is 0 Å². The van der Waals surface area contributed by atoms with Crippen LogP contribution in [0.2, 0.25) is 0 Å². The van der Waals surface area contributed by atoms with E-state index in [2.05, 4.69) is 126 Å². The molecule has 4 heteroatoms. The van der Waals surface area contributed by atoms with E-state index in [1.165, 1.54) is 33.5 Å². The lowest BCUT2D eigenvalue weighted by Gasteiger charge is -2.31. The SMILES string of the molecule is CC1/C=C\C(c2ccc3c(c2)oc2ccccc23)=C/Cc2ccccc2N1c1ccc2c(c1)C1=CC(c3cccnc3)=CCC1O2. The highest BCUT2D eigenvalue weighted by atomic mass is 16.5. The summed E-state index contributed by atoms with van der Waals surface area (Å²) in [5, 5.41) is 2.30. The van der Waals surface area contributed by atoms with Gasteiger partial charge in [-0.05, 0) is 95.8 Å². The number of benzene rings is 4. The number of aromatic nitrogens is 1. The molecule has 46 heavy (non-hydrogen) atoms. The van der Waals surface area contributed by atoms with Gasteiger partial charge in [0.25, 0.3) is 0 Å². The Kier molecular flexibility index (Phi) is 6.27. The predicted octanol–water partition coefficient (Wildman–Crippen LogP) is 10.3. The number of hydrogen-bond acceptors (Lipinski definition) is 4. The van der Waals surface area contributed by atoms with Gasteiger partial charge in [0.05, 0.1) is 0 Å². The number of para-hydroxylation sites is 2. The molecule has 0 N–H and O–H groups in total. The fourth-order valence-corrected chi connectivity index (χ4v) is 7.18. The van der Waals surface area contributed by atoms with E-state index in [1.807, 2.05) is 30.6 Å². The highest BCUT2D eigenvalue weighted by Gasteiger charge is 2.32. The normalized spacial score (nSPS) is 20.6. The van der Waals surface area contributed by atoms with Gasteiger partial charge in [-0.1, -0.05) is 72.8 Å². The fraction of sp³-hybridized carbons (Fsp3) is 0.119. The van der Waals surface area contributed by atoms with Crippen LogP contribution in [-0.4, -0.2) is 17.1 Å². The Bertz CT molecular complexity index is 2270. The summed E-state index contributed by atoms with van der Waals surface area (Å²) in [5.41, 5.74) is 12.6. The van der Waals surface area contributed by atoms with Crippen LogP contribution in [0, 0.1) is 0 Å². The molecule has 2 aromatic heterocycles. The molecule has 0 saturated carbocycles. The van der Waals surface area contributed by atoms with E-state index in [0.29, 0.717) is 0 Å². The van der Waals surface area contributed by atoms with E-state index in [-0.39, 0.29) is 12.1 Å². The van der Waals surface area contributed by atoms with Crippen LogP contribution >= 0.6 is 0 Å². The molecule has 0 saturated heterocycles. The van der Waals surface area contributed by atoms with E-state index in [1.54, 1.807) is 0 Å². The summed E-state index contributed by atoms with van der Waals surface area (Å²) >= 11 is 0. The topological polar surface area (TPSA) is 38.5 Å². The zero-order valence-corrected chi connectivity index (χ0v) is 25.6. The lowest BCUT2D eigenvalue weighted by molar-refractivity contribution is 0.279. The monoisotopic (exact) mass is 596 g/mol. The number of fused-ring (bicyclic) bond motifs is 7. The van der Waals surface area contributed by atoms with Gasteiger partial charge in [0.1, 0.15) is 23.0 Å². The molecule has 0 amide bonds. The maximum absolute atomic E-state index is 6.43. The largest absolute Gasteiger partial charge is 0.485 e. The van der Waals surface area contributed by atoms with Crippen molar-refractivity contribution in [3.8, 4) is 5.75 Å². The Hall–Kier alpha value is -5.61. The Morgan fingerprint density at radius 1 is 0.783 bits per heavy atom. The molecule has 6 aromatic rings. The molecule has 2 aliphatic heterocycles. The molecule has 9 rings (SSSR count). The van der Waals surface area contributed by atoms with Gasteiger partial charge in [-0.3, -0.25) is 4.98 Å². The lowest BCUT2D eigenvalue weighted by atomic mass is 9.90. The summed E-state index contributed by atoms with van der Waals surface area (Å²) in [6.07, 6.45) is 16.9. The zero-order chi connectivity index (χ0) is 30.6. The van der Waals surface area contributed by atoms with Crippen molar-refractivity contribution in [3.63, 3.8) is 0 Å². The second-order valence-corrected chi connectivity index (χ2v) is 12.3. The Labute approximate surface area is 268 Å². The molecule has 0 fully saturated rings. The van der Waals surface area contributed by atoms with Crippen molar-refractivity contribution in [1.82, 2.24) is 4.98 Å². The van der Waals surface area contributed by atoms with Crippen LogP contribution in [0.3, 0.4) is 0 Å². The van der Waals surface area contributed by atoms with Crippen LogP contribution < -0.4 is 9.64 Å². The highest BCUT2D eigenvalue weighted by molar-refractivity contribution is 6.05. The number of ether oxygens (including phenoxy) is 1. The van der Waals surface area contributed by atoms with Crippen molar-refractivity contribution in [3.05, 3.63) is 162 Å². The third-order valence-corrected chi connectivity index (χ3v) is 9.49. The average Bonchev–Trinajstić information content (AvgIpc) is 3.67. The first-order valence-electron chi connectivity index (χ1n) is 16.0. The lowest BCUT2D eigenvalue weighted by Crippen LogP contribution is -2.27. The molecule has 222 valence electrons. The van der Waals surface area contributed by atoms with Gasteiger partial charge in [0, 0.05) is 58.1 Å². The summed E-state index contributed by atoms with van der Waals surface area (Å²) in [4.78, 5) is 6.80. The summed E-state index contributed by atoms with van der Waals surface area (Å²) in [6.45, 7) is 2.27. The maximum Gasteiger partial charge on any atom is 0.136 e. The molecule has 0 bridgehead atoms. The van der Waals surface area contributed by atoms with Crippen LogP contribution in [0.1, 0.15) is 35.6 Å². The van der Waals surface area contributed by atoms with Crippen molar-refractivity contribution in [2.24, 2.45) is 0 Å². The molecule has 3 aliphatic rings. The van der Waals surface area contributed by atoms with Gasteiger partial charge in [-0.15, -0.1) is 0 Å². The minimum absolute atomic E-state index is 0.0432. The van der Waals surface area contributed by atoms with E-state index in [9.17, 15) is 0 Å². The first kappa shape index (κ1) is 26.8. The van der Waals surface area contributed by atoms with E-state index < -0.39 is 0 Å².